The third-order valence-electron chi connectivity index (χ3n) is 5.18. The van der Waals surface area contributed by atoms with Crippen molar-refractivity contribution in [1.82, 2.24) is 20.1 Å². The Morgan fingerprint density at radius 1 is 1.24 bits per heavy atom. The Morgan fingerprint density at radius 3 is 2.62 bits per heavy atom. The number of rotatable bonds is 7. The fraction of sp³-hybridized carbons (Fsp3) is 0.273. The fourth-order valence-electron chi connectivity index (χ4n) is 3.82. The first-order chi connectivity index (χ1) is 16.1. The second kappa shape index (κ2) is 9.29. The van der Waals surface area contributed by atoms with Crippen LogP contribution in [0, 0.1) is 11.6 Å². The zero-order valence-corrected chi connectivity index (χ0v) is 18.9. The maximum atomic E-state index is 13.5. The molecule has 1 aliphatic heterocycles. The van der Waals surface area contributed by atoms with Gasteiger partial charge < -0.3 is 10.6 Å². The van der Waals surface area contributed by atoms with E-state index in [0.29, 0.717) is 36.3 Å². The molecule has 9 nitrogen and oxygen atoms in total. The van der Waals surface area contributed by atoms with Gasteiger partial charge in [-0.1, -0.05) is 6.07 Å². The first kappa shape index (κ1) is 23.5. The van der Waals surface area contributed by atoms with Crippen molar-refractivity contribution in [3.8, 4) is 5.82 Å². The maximum absolute atomic E-state index is 13.5. The van der Waals surface area contributed by atoms with Gasteiger partial charge in [0.15, 0.2) is 21.5 Å². The zero-order chi connectivity index (χ0) is 24.5. The number of pyridine rings is 1. The van der Waals surface area contributed by atoms with Crippen LogP contribution in [0.15, 0.2) is 42.6 Å². The van der Waals surface area contributed by atoms with E-state index in [-0.39, 0.29) is 17.4 Å². The summed E-state index contributed by atoms with van der Waals surface area (Å²) in [6.07, 6.45) is 3.47. The van der Waals surface area contributed by atoms with Gasteiger partial charge in [-0.05, 0) is 42.7 Å². The Morgan fingerprint density at radius 2 is 1.97 bits per heavy atom. The predicted molar refractivity (Wildman–Crippen MR) is 119 cm³/mol. The summed E-state index contributed by atoms with van der Waals surface area (Å²) in [4.78, 5) is 29.5. The number of halogens is 2. The molecule has 1 aromatic carbocycles. The Bertz CT molecular complexity index is 1340. The summed E-state index contributed by atoms with van der Waals surface area (Å²) in [5, 5.41) is 9.78. The predicted octanol–water partition coefficient (Wildman–Crippen LogP) is 1.82. The van der Waals surface area contributed by atoms with Crippen LogP contribution >= 0.6 is 0 Å². The number of anilines is 1. The van der Waals surface area contributed by atoms with Crippen LogP contribution in [0.25, 0.3) is 5.82 Å². The molecule has 3 heterocycles. The topological polar surface area (TPSA) is 123 Å². The molecular formula is C22H21F2N5O4S. The Labute approximate surface area is 194 Å². The van der Waals surface area contributed by atoms with Crippen LogP contribution in [0.5, 0.6) is 0 Å². The monoisotopic (exact) mass is 489 g/mol. The second-order valence-corrected chi connectivity index (χ2v) is 10.2. The summed E-state index contributed by atoms with van der Waals surface area (Å²) in [6.45, 7) is 0. The van der Waals surface area contributed by atoms with Crippen LogP contribution in [0.1, 0.15) is 28.0 Å². The molecule has 0 saturated carbocycles. The molecule has 2 N–H and O–H groups in total. The number of hydrogen-bond donors (Lipinski definition) is 2. The molecule has 0 fully saturated rings. The van der Waals surface area contributed by atoms with E-state index in [1.165, 1.54) is 23.0 Å². The molecule has 12 heteroatoms. The van der Waals surface area contributed by atoms with Crippen molar-refractivity contribution in [1.29, 1.82) is 0 Å². The zero-order valence-electron chi connectivity index (χ0n) is 18.1. The quantitative estimate of drug-likeness (QED) is 0.522. The van der Waals surface area contributed by atoms with E-state index in [0.717, 1.165) is 12.3 Å². The Balaban J connectivity index is 1.62. The lowest BCUT2D eigenvalue weighted by Crippen LogP contribution is -2.41. The molecule has 1 atom stereocenters. The number of hydrogen-bond acceptors (Lipinski definition) is 6. The molecule has 0 aliphatic carbocycles. The minimum Gasteiger partial charge on any atom is -0.349 e. The lowest BCUT2D eigenvalue weighted by Gasteiger charge is -2.23. The molecular weight excluding hydrogens is 468 g/mol. The first-order valence-corrected chi connectivity index (χ1v) is 12.4. The molecule has 0 radical (unpaired) electrons. The number of aryl methyl sites for hydroxylation is 1. The first-order valence-electron chi connectivity index (χ1n) is 10.4. The number of amides is 2. The molecule has 4 rings (SSSR count). The number of fused-ring (bicyclic) bond motifs is 1. The van der Waals surface area contributed by atoms with Crippen LogP contribution in [-0.4, -0.2) is 53.0 Å². The molecule has 2 aromatic heterocycles. The molecule has 178 valence electrons. The molecule has 1 aliphatic rings. The molecule has 0 saturated heterocycles. The van der Waals surface area contributed by atoms with E-state index in [4.69, 9.17) is 0 Å². The molecule has 0 spiro atoms. The SMILES string of the molecule is CS(=O)(=O)CC(=O)Nc1c2c(nn1-c1ccccn1)C[C@H](CCc1cc(F)cc(F)c1)NC2=O. The average Bonchev–Trinajstić information content (AvgIpc) is 3.09. The van der Waals surface area contributed by atoms with Gasteiger partial charge in [0.1, 0.15) is 23.0 Å². The van der Waals surface area contributed by atoms with Crippen LogP contribution in [0.4, 0.5) is 14.6 Å². The van der Waals surface area contributed by atoms with Gasteiger partial charge in [0, 0.05) is 31.0 Å². The van der Waals surface area contributed by atoms with Crippen molar-refractivity contribution in [3.63, 3.8) is 0 Å². The summed E-state index contributed by atoms with van der Waals surface area (Å²) in [6, 6.07) is 7.92. The minimum atomic E-state index is -3.60. The highest BCUT2D eigenvalue weighted by atomic mass is 32.2. The summed E-state index contributed by atoms with van der Waals surface area (Å²) in [5.74, 6) is -3.08. The normalized spacial score (nSPS) is 15.5. The Kier molecular flexibility index (Phi) is 6.42. The minimum absolute atomic E-state index is 0.0190. The smallest absolute Gasteiger partial charge is 0.257 e. The number of aromatic nitrogens is 3. The highest BCUT2D eigenvalue weighted by Gasteiger charge is 2.33. The lowest BCUT2D eigenvalue weighted by molar-refractivity contribution is -0.113. The van der Waals surface area contributed by atoms with Crippen molar-refractivity contribution in [2.24, 2.45) is 0 Å². The molecule has 3 aromatic rings. The third-order valence-corrected chi connectivity index (χ3v) is 5.97. The summed E-state index contributed by atoms with van der Waals surface area (Å²) in [5.41, 5.74) is 0.963. The van der Waals surface area contributed by atoms with Gasteiger partial charge in [-0.2, -0.15) is 9.78 Å². The van der Waals surface area contributed by atoms with Crippen LogP contribution in [-0.2, 0) is 27.5 Å². The van der Waals surface area contributed by atoms with E-state index in [2.05, 4.69) is 20.7 Å². The van der Waals surface area contributed by atoms with Gasteiger partial charge in [-0.25, -0.2) is 22.2 Å². The third kappa shape index (κ3) is 5.45. The van der Waals surface area contributed by atoms with Crippen molar-refractivity contribution in [3.05, 3.63) is 71.1 Å². The van der Waals surface area contributed by atoms with E-state index in [9.17, 15) is 26.8 Å². The van der Waals surface area contributed by atoms with E-state index in [1.54, 1.807) is 18.2 Å². The number of nitrogens with one attached hydrogen (secondary N) is 2. The van der Waals surface area contributed by atoms with Crippen molar-refractivity contribution < 1.29 is 26.8 Å². The number of carbonyl (C=O) groups is 2. The number of benzene rings is 1. The number of carbonyl (C=O) groups excluding carboxylic acids is 2. The van der Waals surface area contributed by atoms with E-state index >= 15 is 0 Å². The highest BCUT2D eigenvalue weighted by molar-refractivity contribution is 7.91. The largest absolute Gasteiger partial charge is 0.349 e. The van der Waals surface area contributed by atoms with Gasteiger partial charge in [0.2, 0.25) is 5.91 Å². The summed E-state index contributed by atoms with van der Waals surface area (Å²) >= 11 is 0. The van der Waals surface area contributed by atoms with Gasteiger partial charge in [-0.15, -0.1) is 0 Å². The number of sulfone groups is 1. The lowest BCUT2D eigenvalue weighted by atomic mass is 9.96. The molecule has 0 bridgehead atoms. The number of nitrogens with zero attached hydrogens (tertiary/aromatic N) is 3. The van der Waals surface area contributed by atoms with Gasteiger partial charge in [0.05, 0.1) is 5.69 Å². The maximum Gasteiger partial charge on any atom is 0.257 e. The van der Waals surface area contributed by atoms with Crippen LogP contribution < -0.4 is 10.6 Å². The standard InChI is InChI=1S/C22H21F2N5O4S/c1-34(32,33)12-19(30)27-21-20-17(28-29(21)18-4-2-3-7-25-18)11-16(26-22(20)31)6-5-13-8-14(23)10-15(24)9-13/h2-4,7-10,16H,5-6,11-12H2,1H3,(H,26,31)(H,27,30)/t16-/m0/s1. The van der Waals surface area contributed by atoms with Gasteiger partial charge in [0.25, 0.3) is 5.91 Å². The Hall–Kier alpha value is -3.67. The molecule has 0 unspecified atom stereocenters. The van der Waals surface area contributed by atoms with E-state index < -0.39 is 39.0 Å². The second-order valence-electron chi connectivity index (χ2n) is 8.08. The molecule has 2 amide bonds. The highest BCUT2D eigenvalue weighted by Crippen LogP contribution is 2.28. The summed E-state index contributed by atoms with van der Waals surface area (Å²) in [7, 11) is -3.60. The molecule has 34 heavy (non-hydrogen) atoms. The average molecular weight is 490 g/mol. The van der Waals surface area contributed by atoms with E-state index in [1.807, 2.05) is 0 Å². The van der Waals surface area contributed by atoms with Crippen molar-refractivity contribution >= 4 is 27.5 Å². The summed E-state index contributed by atoms with van der Waals surface area (Å²) < 4.78 is 51.3. The fourth-order valence-corrected chi connectivity index (χ4v) is 4.37. The van der Waals surface area contributed by atoms with Gasteiger partial charge in [-0.3, -0.25) is 9.59 Å². The van der Waals surface area contributed by atoms with Crippen molar-refractivity contribution in [2.75, 3.05) is 17.3 Å². The van der Waals surface area contributed by atoms with Crippen molar-refractivity contribution in [2.45, 2.75) is 25.3 Å². The van der Waals surface area contributed by atoms with Crippen LogP contribution in [0.3, 0.4) is 0 Å². The van der Waals surface area contributed by atoms with Gasteiger partial charge >= 0.3 is 0 Å². The van der Waals surface area contributed by atoms with Crippen LogP contribution in [0.2, 0.25) is 0 Å².